The monoisotopic (exact) mass is 283 g/mol. The van der Waals surface area contributed by atoms with E-state index in [0.29, 0.717) is 24.4 Å². The molecule has 2 N–H and O–H groups in total. The molecule has 0 aliphatic heterocycles. The highest BCUT2D eigenvalue weighted by atomic mass is 32.2. The fourth-order valence-electron chi connectivity index (χ4n) is 1.94. The SMILES string of the molecule is Cc1n[nH]c(C)c1S(=O)(=O)NCCc1cnn(C)c1. The van der Waals surface area contributed by atoms with Crippen molar-refractivity contribution in [3.8, 4) is 0 Å². The van der Waals surface area contributed by atoms with Gasteiger partial charge in [-0.05, 0) is 25.8 Å². The van der Waals surface area contributed by atoms with E-state index in [2.05, 4.69) is 20.0 Å². The van der Waals surface area contributed by atoms with Crippen molar-refractivity contribution < 1.29 is 8.42 Å². The third kappa shape index (κ3) is 3.02. The van der Waals surface area contributed by atoms with Crippen LogP contribution in [0.15, 0.2) is 17.3 Å². The molecule has 0 aliphatic carbocycles. The van der Waals surface area contributed by atoms with Gasteiger partial charge in [0.1, 0.15) is 4.90 Å². The van der Waals surface area contributed by atoms with Crippen molar-refractivity contribution in [1.82, 2.24) is 24.7 Å². The summed E-state index contributed by atoms with van der Waals surface area (Å²) in [4.78, 5) is 0.235. The molecule has 0 fully saturated rings. The van der Waals surface area contributed by atoms with E-state index in [9.17, 15) is 8.42 Å². The molecule has 19 heavy (non-hydrogen) atoms. The van der Waals surface area contributed by atoms with Gasteiger partial charge in [-0.2, -0.15) is 10.2 Å². The van der Waals surface area contributed by atoms with E-state index in [0.717, 1.165) is 5.56 Å². The fourth-order valence-corrected chi connectivity index (χ4v) is 3.34. The van der Waals surface area contributed by atoms with Crippen molar-refractivity contribution in [2.75, 3.05) is 6.54 Å². The minimum Gasteiger partial charge on any atom is -0.281 e. The molecule has 0 aliphatic rings. The van der Waals surface area contributed by atoms with Gasteiger partial charge in [-0.25, -0.2) is 13.1 Å². The summed E-state index contributed by atoms with van der Waals surface area (Å²) in [6, 6.07) is 0. The minimum atomic E-state index is -3.51. The summed E-state index contributed by atoms with van der Waals surface area (Å²) >= 11 is 0. The molecular weight excluding hydrogens is 266 g/mol. The van der Waals surface area contributed by atoms with Gasteiger partial charge in [-0.15, -0.1) is 0 Å². The molecule has 2 rings (SSSR count). The molecule has 7 nitrogen and oxygen atoms in total. The first kappa shape index (κ1) is 13.8. The van der Waals surface area contributed by atoms with E-state index in [4.69, 9.17) is 0 Å². The molecule has 0 unspecified atom stereocenters. The van der Waals surface area contributed by atoms with Gasteiger partial charge in [0.2, 0.25) is 10.0 Å². The maximum absolute atomic E-state index is 12.1. The Balaban J connectivity index is 2.03. The summed E-state index contributed by atoms with van der Waals surface area (Å²) in [7, 11) is -1.69. The first-order valence-electron chi connectivity index (χ1n) is 5.89. The Bertz CT molecular complexity index is 652. The predicted octanol–water partition coefficient (Wildman–Crippen LogP) is 0.281. The molecule has 2 heterocycles. The number of nitrogens with zero attached hydrogens (tertiary/aromatic N) is 3. The fraction of sp³-hybridized carbons (Fsp3) is 0.455. The van der Waals surface area contributed by atoms with Crippen molar-refractivity contribution in [2.45, 2.75) is 25.2 Å². The summed E-state index contributed by atoms with van der Waals surface area (Å²) < 4.78 is 28.5. The number of H-pyrrole nitrogens is 1. The van der Waals surface area contributed by atoms with Crippen LogP contribution in [0.3, 0.4) is 0 Å². The van der Waals surface area contributed by atoms with Crippen LogP contribution in [0.5, 0.6) is 0 Å². The second kappa shape index (κ2) is 5.14. The number of aromatic nitrogens is 4. The van der Waals surface area contributed by atoms with Gasteiger partial charge < -0.3 is 0 Å². The average molecular weight is 283 g/mol. The number of hydrogen-bond acceptors (Lipinski definition) is 4. The number of nitrogens with one attached hydrogen (secondary N) is 2. The van der Waals surface area contributed by atoms with Crippen LogP contribution in [0.25, 0.3) is 0 Å². The zero-order valence-electron chi connectivity index (χ0n) is 11.1. The molecule has 0 atom stereocenters. The van der Waals surface area contributed by atoms with Gasteiger partial charge in [-0.1, -0.05) is 0 Å². The van der Waals surface area contributed by atoms with Crippen LogP contribution in [-0.4, -0.2) is 34.9 Å². The Labute approximate surface area is 112 Å². The molecular formula is C11H17N5O2S. The zero-order valence-corrected chi connectivity index (χ0v) is 12.0. The van der Waals surface area contributed by atoms with E-state index in [1.54, 1.807) is 24.7 Å². The molecule has 0 bridgehead atoms. The van der Waals surface area contributed by atoms with E-state index < -0.39 is 10.0 Å². The van der Waals surface area contributed by atoms with E-state index >= 15 is 0 Å². The lowest BCUT2D eigenvalue weighted by Gasteiger charge is -2.05. The van der Waals surface area contributed by atoms with Crippen molar-refractivity contribution >= 4 is 10.0 Å². The summed E-state index contributed by atoms with van der Waals surface area (Å²) in [5.74, 6) is 0. The predicted molar refractivity (Wildman–Crippen MR) is 70.2 cm³/mol. The second-order valence-electron chi connectivity index (χ2n) is 4.43. The molecule has 0 spiro atoms. The lowest BCUT2D eigenvalue weighted by Crippen LogP contribution is -2.26. The second-order valence-corrected chi connectivity index (χ2v) is 6.14. The highest BCUT2D eigenvalue weighted by Crippen LogP contribution is 2.16. The number of aromatic amines is 1. The maximum atomic E-state index is 12.1. The summed E-state index contributed by atoms with van der Waals surface area (Å²) in [6.07, 6.45) is 4.19. The quantitative estimate of drug-likeness (QED) is 0.824. The Morgan fingerprint density at radius 2 is 2.16 bits per heavy atom. The van der Waals surface area contributed by atoms with E-state index in [1.807, 2.05) is 13.2 Å². The first-order chi connectivity index (χ1) is 8.90. The highest BCUT2D eigenvalue weighted by molar-refractivity contribution is 7.89. The van der Waals surface area contributed by atoms with Gasteiger partial charge in [0, 0.05) is 19.8 Å². The summed E-state index contributed by atoms with van der Waals surface area (Å²) in [5, 5.41) is 10.6. The number of rotatable bonds is 5. The smallest absolute Gasteiger partial charge is 0.244 e. The molecule has 0 radical (unpaired) electrons. The van der Waals surface area contributed by atoms with Crippen LogP contribution in [0.1, 0.15) is 17.0 Å². The van der Waals surface area contributed by atoms with E-state index in [1.165, 1.54) is 0 Å². The average Bonchev–Trinajstić information content (AvgIpc) is 2.86. The van der Waals surface area contributed by atoms with Crippen LogP contribution in [-0.2, 0) is 23.5 Å². The first-order valence-corrected chi connectivity index (χ1v) is 7.37. The van der Waals surface area contributed by atoms with Gasteiger partial charge in [0.05, 0.1) is 17.6 Å². The van der Waals surface area contributed by atoms with Crippen LogP contribution in [0.4, 0.5) is 0 Å². The number of hydrogen-bond donors (Lipinski definition) is 2. The third-order valence-corrected chi connectivity index (χ3v) is 4.52. The molecule has 104 valence electrons. The Morgan fingerprint density at radius 3 is 2.68 bits per heavy atom. The molecule has 2 aromatic rings. The number of sulfonamides is 1. The standard InChI is InChI=1S/C11H17N5O2S/c1-8-11(9(2)15-14-8)19(17,18)13-5-4-10-6-12-16(3)7-10/h6-7,13H,4-5H2,1-3H3,(H,14,15). The van der Waals surface area contributed by atoms with Crippen molar-refractivity contribution in [3.05, 3.63) is 29.3 Å². The Kier molecular flexibility index (Phi) is 3.72. The lowest BCUT2D eigenvalue weighted by atomic mass is 10.3. The molecule has 0 saturated carbocycles. The van der Waals surface area contributed by atoms with Crippen molar-refractivity contribution in [3.63, 3.8) is 0 Å². The highest BCUT2D eigenvalue weighted by Gasteiger charge is 2.21. The summed E-state index contributed by atoms with van der Waals surface area (Å²) in [5.41, 5.74) is 2.02. The van der Waals surface area contributed by atoms with Crippen LogP contribution < -0.4 is 4.72 Å². The van der Waals surface area contributed by atoms with Gasteiger partial charge >= 0.3 is 0 Å². The van der Waals surface area contributed by atoms with Crippen LogP contribution in [0.2, 0.25) is 0 Å². The molecule has 0 amide bonds. The normalized spacial score (nSPS) is 11.9. The topological polar surface area (TPSA) is 92.7 Å². The summed E-state index contributed by atoms with van der Waals surface area (Å²) in [6.45, 7) is 3.69. The largest absolute Gasteiger partial charge is 0.281 e. The zero-order chi connectivity index (χ0) is 14.0. The van der Waals surface area contributed by atoms with Gasteiger partial charge in [-0.3, -0.25) is 9.78 Å². The van der Waals surface area contributed by atoms with Crippen LogP contribution in [0, 0.1) is 13.8 Å². The Morgan fingerprint density at radius 1 is 1.42 bits per heavy atom. The van der Waals surface area contributed by atoms with E-state index in [-0.39, 0.29) is 4.90 Å². The van der Waals surface area contributed by atoms with Gasteiger partial charge in [0.15, 0.2) is 0 Å². The maximum Gasteiger partial charge on any atom is 0.244 e. The molecule has 8 heteroatoms. The van der Waals surface area contributed by atoms with Crippen molar-refractivity contribution in [1.29, 1.82) is 0 Å². The lowest BCUT2D eigenvalue weighted by molar-refractivity contribution is 0.580. The van der Waals surface area contributed by atoms with Crippen LogP contribution >= 0.6 is 0 Å². The molecule has 0 saturated heterocycles. The van der Waals surface area contributed by atoms with Crippen molar-refractivity contribution in [2.24, 2.45) is 7.05 Å². The molecule has 0 aromatic carbocycles. The minimum absolute atomic E-state index is 0.235. The third-order valence-electron chi connectivity index (χ3n) is 2.79. The number of aryl methyl sites for hydroxylation is 3. The van der Waals surface area contributed by atoms with Gasteiger partial charge in [0.25, 0.3) is 0 Å². The molecule has 2 aromatic heterocycles. The Hall–Kier alpha value is -1.67.